The van der Waals surface area contributed by atoms with Crippen molar-refractivity contribution in [2.75, 3.05) is 32.5 Å². The number of fused-ring (bicyclic) bond motifs is 1. The van der Waals surface area contributed by atoms with E-state index in [9.17, 15) is 24.1 Å². The van der Waals surface area contributed by atoms with E-state index in [0.717, 1.165) is 27.8 Å². The van der Waals surface area contributed by atoms with Gasteiger partial charge in [0.25, 0.3) is 0 Å². The molecule has 1 aromatic rings. The van der Waals surface area contributed by atoms with Crippen molar-refractivity contribution in [3.05, 3.63) is 39.5 Å². The first-order valence-corrected chi connectivity index (χ1v) is 15.7. The van der Waals surface area contributed by atoms with Gasteiger partial charge < -0.3 is 24.6 Å². The van der Waals surface area contributed by atoms with Gasteiger partial charge in [-0.25, -0.2) is 15.0 Å². The highest BCUT2D eigenvalue weighted by Gasteiger charge is 2.32. The smallest absolute Gasteiger partial charge is 0.342 e. The molecule has 0 saturated carbocycles. The molecule has 0 radical (unpaired) electrons. The number of nitrogens with one attached hydrogen (secondary N) is 3. The van der Waals surface area contributed by atoms with Gasteiger partial charge in [-0.15, -0.1) is 0 Å². The molecule has 0 bridgehead atoms. The van der Waals surface area contributed by atoms with Gasteiger partial charge in [-0.05, 0) is 65.5 Å². The first-order valence-electron chi connectivity index (χ1n) is 13.8. The number of allylic oxidation sites excluding steroid dienone is 1. The van der Waals surface area contributed by atoms with Gasteiger partial charge in [0, 0.05) is 30.4 Å². The van der Waals surface area contributed by atoms with Crippen LogP contribution in [0.2, 0.25) is 0 Å². The van der Waals surface area contributed by atoms with Crippen LogP contribution in [0.1, 0.15) is 74.2 Å². The van der Waals surface area contributed by atoms with E-state index in [1.54, 1.807) is 27.7 Å². The van der Waals surface area contributed by atoms with Gasteiger partial charge in [0.2, 0.25) is 7.44 Å². The highest BCUT2D eigenvalue weighted by molar-refractivity contribution is 7.60. The Labute approximate surface area is 236 Å². The molecule has 11 nitrogen and oxygen atoms in total. The van der Waals surface area contributed by atoms with E-state index in [-0.39, 0.29) is 37.3 Å². The largest absolute Gasteiger partial charge is 0.507 e. The number of aromatic hydroxyl groups is 1. The zero-order valence-corrected chi connectivity index (χ0v) is 25.5. The number of phenolic OH excluding ortho intramolecular Hbond substituents is 1. The van der Waals surface area contributed by atoms with Gasteiger partial charge in [0.05, 0.1) is 13.2 Å². The van der Waals surface area contributed by atoms with Crippen LogP contribution in [0.15, 0.2) is 11.6 Å². The van der Waals surface area contributed by atoms with Crippen LogP contribution in [0.25, 0.3) is 0 Å². The second-order valence-corrected chi connectivity index (χ2v) is 12.3. The molecule has 1 heterocycles. The van der Waals surface area contributed by atoms with Crippen LogP contribution in [0.4, 0.5) is 0 Å². The third kappa shape index (κ3) is 8.64. The van der Waals surface area contributed by atoms with E-state index in [4.69, 9.17) is 14.2 Å². The van der Waals surface area contributed by atoms with Gasteiger partial charge in [-0.3, -0.25) is 14.2 Å². The fourth-order valence-corrected chi connectivity index (χ4v) is 6.91. The molecule has 1 unspecified atom stereocenters. The lowest BCUT2D eigenvalue weighted by molar-refractivity contribution is -0.145. The maximum Gasteiger partial charge on any atom is 0.342 e. The molecule has 1 aliphatic rings. The molecule has 1 aliphatic heterocycles. The maximum atomic E-state index is 13.7. The molecule has 0 aromatic heterocycles. The minimum atomic E-state index is -3.41. The summed E-state index contributed by atoms with van der Waals surface area (Å²) in [4.78, 5) is 36.4. The Bertz CT molecular complexity index is 1140. The highest BCUT2D eigenvalue weighted by atomic mass is 31.2. The van der Waals surface area contributed by atoms with Crippen molar-refractivity contribution in [3.8, 4) is 5.75 Å². The quantitative estimate of drug-likeness (QED) is 0.0748. The Morgan fingerprint density at radius 3 is 2.17 bits per heavy atom. The lowest BCUT2D eigenvalue weighted by Gasteiger charge is -2.26. The minimum Gasteiger partial charge on any atom is -0.507 e. The Hall–Kier alpha value is -2.72. The van der Waals surface area contributed by atoms with Crippen molar-refractivity contribution in [3.63, 3.8) is 0 Å². The molecule has 0 aliphatic carbocycles. The van der Waals surface area contributed by atoms with E-state index >= 15 is 0 Å². The van der Waals surface area contributed by atoms with Crippen LogP contribution in [-0.2, 0) is 47.8 Å². The van der Waals surface area contributed by atoms with Crippen molar-refractivity contribution in [1.82, 2.24) is 15.5 Å². The SMILES string of the molecule is CCOC(=O)[C@H](C)NP(=O)(CCNCC(C)=CCc1c(O)c2c(c(C)c1CC)COC2=O)N[C@H](C)C(=O)OCC. The Morgan fingerprint density at radius 2 is 1.65 bits per heavy atom. The standard InChI is InChI=1S/C28H44N3O8P/c1-8-21-18(5)23-16-39-28(35)24(23)25(32)22(21)12-11-17(4)15-29-13-14-40(36,30-19(6)26(33)37-9-2)31-20(7)27(34)38-10-3/h11,19-20,29,32H,8-10,12-16H2,1-7H3,(H2,30,31,36)/t19-,20+,40?. The summed E-state index contributed by atoms with van der Waals surface area (Å²) in [5.74, 6) is -1.58. The fourth-order valence-electron chi connectivity index (χ4n) is 4.64. The molecular formula is C28H44N3O8P. The minimum absolute atomic E-state index is 0.0125. The summed E-state index contributed by atoms with van der Waals surface area (Å²) in [6.45, 7) is 13.8. The summed E-state index contributed by atoms with van der Waals surface area (Å²) >= 11 is 0. The summed E-state index contributed by atoms with van der Waals surface area (Å²) < 4.78 is 28.9. The molecule has 0 spiro atoms. The maximum absolute atomic E-state index is 13.7. The first-order chi connectivity index (χ1) is 18.9. The molecule has 4 N–H and O–H groups in total. The van der Waals surface area contributed by atoms with Crippen molar-refractivity contribution in [2.24, 2.45) is 0 Å². The number of phenols is 1. The predicted octanol–water partition coefficient (Wildman–Crippen LogP) is 3.29. The molecular weight excluding hydrogens is 537 g/mol. The number of carbonyl (C=O) groups excluding carboxylic acids is 3. The van der Waals surface area contributed by atoms with Gasteiger partial charge in [-0.2, -0.15) is 0 Å². The normalized spacial score (nSPS) is 16.1. The summed E-state index contributed by atoms with van der Waals surface area (Å²) in [5, 5.41) is 19.8. The number of cyclic esters (lactones) is 1. The lowest BCUT2D eigenvalue weighted by atomic mass is 9.89. The molecule has 2 rings (SSSR count). The third-order valence-corrected chi connectivity index (χ3v) is 9.21. The van der Waals surface area contributed by atoms with Gasteiger partial charge >= 0.3 is 17.9 Å². The van der Waals surface area contributed by atoms with Crippen LogP contribution >= 0.6 is 7.44 Å². The van der Waals surface area contributed by atoms with Crippen molar-refractivity contribution < 1.29 is 38.3 Å². The fraction of sp³-hybridized carbons (Fsp3) is 0.607. The molecule has 0 fully saturated rings. The number of ether oxygens (including phenoxy) is 3. The summed E-state index contributed by atoms with van der Waals surface area (Å²) in [6, 6.07) is -1.69. The molecule has 12 heteroatoms. The molecule has 3 atom stereocenters. The zero-order chi connectivity index (χ0) is 30.0. The van der Waals surface area contributed by atoms with E-state index in [1.165, 1.54) is 0 Å². The second-order valence-electron chi connectivity index (χ2n) is 9.81. The average Bonchev–Trinajstić information content (AvgIpc) is 3.29. The van der Waals surface area contributed by atoms with E-state index in [0.29, 0.717) is 25.9 Å². The van der Waals surface area contributed by atoms with Crippen LogP contribution in [0, 0.1) is 6.92 Å². The Kier molecular flexibility index (Phi) is 12.8. The second kappa shape index (κ2) is 15.3. The van der Waals surface area contributed by atoms with Crippen molar-refractivity contribution in [2.45, 2.75) is 80.0 Å². The Balaban J connectivity index is 2.06. The molecule has 0 saturated heterocycles. The van der Waals surface area contributed by atoms with Crippen LogP contribution < -0.4 is 15.5 Å². The van der Waals surface area contributed by atoms with Crippen LogP contribution in [-0.4, -0.2) is 67.6 Å². The number of rotatable bonds is 16. The number of benzene rings is 1. The summed E-state index contributed by atoms with van der Waals surface area (Å²) in [7, 11) is -3.41. The molecule has 40 heavy (non-hydrogen) atoms. The highest BCUT2D eigenvalue weighted by Crippen LogP contribution is 2.39. The number of hydrogen-bond donors (Lipinski definition) is 4. The van der Waals surface area contributed by atoms with Crippen LogP contribution in [0.3, 0.4) is 0 Å². The van der Waals surface area contributed by atoms with Crippen molar-refractivity contribution >= 4 is 25.4 Å². The summed E-state index contributed by atoms with van der Waals surface area (Å²) in [5.41, 5.74) is 4.71. The van der Waals surface area contributed by atoms with Gasteiger partial charge in [-0.1, -0.05) is 18.6 Å². The Morgan fingerprint density at radius 1 is 1.07 bits per heavy atom. The summed E-state index contributed by atoms with van der Waals surface area (Å²) in [6.07, 6.45) is 3.25. The lowest BCUT2D eigenvalue weighted by Crippen LogP contribution is -2.43. The third-order valence-electron chi connectivity index (χ3n) is 6.75. The van der Waals surface area contributed by atoms with Crippen molar-refractivity contribution in [1.29, 1.82) is 0 Å². The van der Waals surface area contributed by atoms with E-state index < -0.39 is 37.4 Å². The zero-order valence-electron chi connectivity index (χ0n) is 24.6. The monoisotopic (exact) mass is 581 g/mol. The van der Waals surface area contributed by atoms with E-state index in [1.807, 2.05) is 26.8 Å². The van der Waals surface area contributed by atoms with E-state index in [2.05, 4.69) is 15.5 Å². The average molecular weight is 582 g/mol. The number of esters is 3. The number of hydrogen-bond acceptors (Lipinski definition) is 9. The molecule has 224 valence electrons. The topological polar surface area (TPSA) is 152 Å². The number of carbonyl (C=O) groups is 3. The first kappa shape index (κ1) is 33.5. The molecule has 0 amide bonds. The van der Waals surface area contributed by atoms with Gasteiger partial charge in [0.15, 0.2) is 0 Å². The predicted molar refractivity (Wildman–Crippen MR) is 153 cm³/mol. The van der Waals surface area contributed by atoms with Crippen LogP contribution in [0.5, 0.6) is 5.75 Å². The van der Waals surface area contributed by atoms with Gasteiger partial charge in [0.1, 0.15) is 30.0 Å². The molecule has 1 aromatic carbocycles.